The molecule has 0 N–H and O–H groups in total. The summed E-state index contributed by atoms with van der Waals surface area (Å²) in [5, 5.41) is 4.17. The fourth-order valence-electron chi connectivity index (χ4n) is 4.33. The van der Waals surface area contributed by atoms with E-state index in [1.165, 1.54) is 31.2 Å². The summed E-state index contributed by atoms with van der Waals surface area (Å²) in [5.41, 5.74) is 1.18. The van der Waals surface area contributed by atoms with Crippen molar-refractivity contribution in [3.63, 3.8) is 0 Å². The van der Waals surface area contributed by atoms with Crippen molar-refractivity contribution in [2.24, 2.45) is 30.7 Å². The molecule has 3 fully saturated rings. The lowest BCUT2D eigenvalue weighted by atomic mass is 9.89. The van der Waals surface area contributed by atoms with E-state index in [4.69, 9.17) is 4.74 Å². The minimum Gasteiger partial charge on any atom is -0.465 e. The van der Waals surface area contributed by atoms with Gasteiger partial charge in [0.25, 0.3) is 0 Å². The van der Waals surface area contributed by atoms with Crippen molar-refractivity contribution in [3.05, 3.63) is 18.0 Å². The van der Waals surface area contributed by atoms with Crippen molar-refractivity contribution < 1.29 is 9.53 Å². The van der Waals surface area contributed by atoms with Crippen LogP contribution in [0.2, 0.25) is 0 Å². The molecule has 0 amide bonds. The van der Waals surface area contributed by atoms with Crippen LogP contribution in [0.15, 0.2) is 12.4 Å². The van der Waals surface area contributed by atoms with E-state index in [9.17, 15) is 4.79 Å². The molecule has 3 aliphatic carbocycles. The van der Waals surface area contributed by atoms with Gasteiger partial charge in [-0.05, 0) is 49.0 Å². The number of hydrogen-bond acceptors (Lipinski definition) is 3. The monoisotopic (exact) mass is 274 g/mol. The third kappa shape index (κ3) is 2.15. The topological polar surface area (TPSA) is 44.1 Å². The normalized spacial score (nSPS) is 38.1. The average Bonchev–Trinajstić information content (AvgIpc) is 2.78. The first-order valence-electron chi connectivity index (χ1n) is 7.86. The highest BCUT2D eigenvalue weighted by Crippen LogP contribution is 2.50. The molecule has 3 aliphatic rings. The van der Waals surface area contributed by atoms with Gasteiger partial charge in [-0.3, -0.25) is 9.48 Å². The van der Waals surface area contributed by atoms with E-state index >= 15 is 0 Å². The van der Waals surface area contributed by atoms with Gasteiger partial charge in [-0.2, -0.15) is 5.10 Å². The minimum atomic E-state index is 0.0154. The molecule has 4 rings (SSSR count). The first-order chi connectivity index (χ1) is 9.70. The number of hydrogen-bond donors (Lipinski definition) is 0. The van der Waals surface area contributed by atoms with Crippen molar-refractivity contribution >= 4 is 5.97 Å². The zero-order chi connectivity index (χ0) is 13.7. The Bertz CT molecular complexity index is 524. The first kappa shape index (κ1) is 12.4. The summed E-state index contributed by atoms with van der Waals surface area (Å²) in [7, 11) is 1.91. The van der Waals surface area contributed by atoms with Crippen molar-refractivity contribution in [1.82, 2.24) is 9.78 Å². The summed E-state index contributed by atoms with van der Waals surface area (Å²) < 4.78 is 7.39. The Balaban J connectivity index is 1.27. The van der Waals surface area contributed by atoms with Gasteiger partial charge in [0, 0.05) is 19.2 Å². The SMILES string of the molecule is Cn1cc([C@@H]2C[C@@H]2C(=O)OC[C@@H]2C[C@H]3CC[C@H]2C3)cn1. The minimum absolute atomic E-state index is 0.0154. The molecule has 1 heterocycles. The molecule has 108 valence electrons. The van der Waals surface area contributed by atoms with Crippen LogP contribution in [-0.4, -0.2) is 22.4 Å². The Morgan fingerprint density at radius 1 is 1.40 bits per heavy atom. The predicted molar refractivity (Wildman–Crippen MR) is 74.0 cm³/mol. The molecule has 20 heavy (non-hydrogen) atoms. The molecule has 3 saturated carbocycles. The summed E-state index contributed by atoms with van der Waals surface area (Å²) in [6.45, 7) is 0.663. The largest absolute Gasteiger partial charge is 0.465 e. The molecule has 5 atom stereocenters. The van der Waals surface area contributed by atoms with Gasteiger partial charge in [0.15, 0.2) is 0 Å². The number of nitrogens with zero attached hydrogens (tertiary/aromatic N) is 2. The lowest BCUT2D eigenvalue weighted by Crippen LogP contribution is -2.20. The molecule has 0 aliphatic heterocycles. The number of esters is 1. The third-order valence-corrected chi connectivity index (χ3v) is 5.57. The van der Waals surface area contributed by atoms with Crippen LogP contribution in [0.25, 0.3) is 0 Å². The van der Waals surface area contributed by atoms with Gasteiger partial charge in [0.1, 0.15) is 0 Å². The molecule has 1 aromatic heterocycles. The lowest BCUT2D eigenvalue weighted by molar-refractivity contribution is -0.147. The van der Waals surface area contributed by atoms with Crippen molar-refractivity contribution in [2.45, 2.75) is 38.0 Å². The Morgan fingerprint density at radius 2 is 2.30 bits per heavy atom. The van der Waals surface area contributed by atoms with Crippen LogP contribution < -0.4 is 0 Å². The standard InChI is InChI=1S/C16H22N2O2/c1-18-8-13(7-17-18)14-6-15(14)16(19)20-9-12-5-10-2-3-11(12)4-10/h7-8,10-12,14-15H,2-6,9H2,1H3/t10-,11-,12-,14-,15-/m0/s1. The molecule has 4 heteroatoms. The summed E-state index contributed by atoms with van der Waals surface area (Å²) in [6, 6.07) is 0. The first-order valence-corrected chi connectivity index (χ1v) is 7.86. The second-order valence-electron chi connectivity index (χ2n) is 6.96. The van der Waals surface area contributed by atoms with Crippen molar-refractivity contribution in [3.8, 4) is 0 Å². The maximum Gasteiger partial charge on any atom is 0.309 e. The van der Waals surface area contributed by atoms with E-state index in [1.54, 1.807) is 4.68 Å². The molecule has 0 saturated heterocycles. The maximum atomic E-state index is 12.1. The number of carbonyl (C=O) groups is 1. The molecule has 1 aromatic rings. The molecular weight excluding hydrogens is 252 g/mol. The molecule has 0 radical (unpaired) electrons. The molecule has 4 nitrogen and oxygen atoms in total. The number of aryl methyl sites for hydroxylation is 1. The van der Waals surface area contributed by atoms with E-state index in [-0.39, 0.29) is 11.9 Å². The van der Waals surface area contributed by atoms with Gasteiger partial charge in [0.05, 0.1) is 18.7 Å². The fraction of sp³-hybridized carbons (Fsp3) is 0.750. The molecule has 0 spiro atoms. The van der Waals surface area contributed by atoms with Crippen LogP contribution in [0.1, 0.15) is 43.6 Å². The number of ether oxygens (including phenoxy) is 1. The number of aromatic nitrogens is 2. The number of rotatable bonds is 4. The highest BCUT2D eigenvalue weighted by molar-refractivity contribution is 5.77. The van der Waals surface area contributed by atoms with Crippen LogP contribution >= 0.6 is 0 Å². The maximum absolute atomic E-state index is 12.1. The zero-order valence-corrected chi connectivity index (χ0v) is 12.0. The van der Waals surface area contributed by atoms with Crippen LogP contribution in [0.4, 0.5) is 0 Å². The zero-order valence-electron chi connectivity index (χ0n) is 12.0. The van der Waals surface area contributed by atoms with Crippen LogP contribution in [0, 0.1) is 23.7 Å². The summed E-state index contributed by atoms with van der Waals surface area (Å²) in [4.78, 5) is 12.1. The Kier molecular flexibility index (Phi) is 2.86. The Morgan fingerprint density at radius 3 is 2.95 bits per heavy atom. The molecule has 2 bridgehead atoms. The molecular formula is C16H22N2O2. The van der Waals surface area contributed by atoms with Gasteiger partial charge in [0.2, 0.25) is 0 Å². The average molecular weight is 274 g/mol. The van der Waals surface area contributed by atoms with Crippen LogP contribution in [0.3, 0.4) is 0 Å². The van der Waals surface area contributed by atoms with Crippen molar-refractivity contribution in [2.75, 3.05) is 6.61 Å². The van der Waals surface area contributed by atoms with E-state index < -0.39 is 0 Å². The van der Waals surface area contributed by atoms with E-state index in [1.807, 2.05) is 19.4 Å². The van der Waals surface area contributed by atoms with Crippen molar-refractivity contribution in [1.29, 1.82) is 0 Å². The highest BCUT2D eigenvalue weighted by atomic mass is 16.5. The van der Waals surface area contributed by atoms with E-state index in [0.29, 0.717) is 18.4 Å². The van der Waals surface area contributed by atoms with Gasteiger partial charge >= 0.3 is 5.97 Å². The smallest absolute Gasteiger partial charge is 0.309 e. The van der Waals surface area contributed by atoms with Gasteiger partial charge in [-0.1, -0.05) is 6.42 Å². The van der Waals surface area contributed by atoms with Gasteiger partial charge < -0.3 is 4.74 Å². The second kappa shape index (κ2) is 4.61. The molecule has 0 aromatic carbocycles. The van der Waals surface area contributed by atoms with E-state index in [2.05, 4.69) is 5.10 Å². The predicted octanol–water partition coefficient (Wildman–Crippen LogP) is 2.50. The van der Waals surface area contributed by atoms with Gasteiger partial charge in [-0.25, -0.2) is 0 Å². The molecule has 0 unspecified atom stereocenters. The Hall–Kier alpha value is -1.32. The summed E-state index contributed by atoms with van der Waals surface area (Å²) in [6.07, 6.45) is 10.2. The fourth-order valence-corrected chi connectivity index (χ4v) is 4.33. The number of carbonyl (C=O) groups excluding carboxylic acids is 1. The Labute approximate surface area is 119 Å². The summed E-state index contributed by atoms with van der Waals surface area (Å²) in [5.74, 6) is 2.85. The third-order valence-electron chi connectivity index (χ3n) is 5.57. The second-order valence-corrected chi connectivity index (χ2v) is 6.96. The number of fused-ring (bicyclic) bond motifs is 2. The lowest BCUT2D eigenvalue weighted by Gasteiger charge is -2.21. The quantitative estimate of drug-likeness (QED) is 0.792. The van der Waals surface area contributed by atoms with E-state index in [0.717, 1.165) is 18.3 Å². The van der Waals surface area contributed by atoms with Crippen LogP contribution in [-0.2, 0) is 16.6 Å². The van der Waals surface area contributed by atoms with Crippen LogP contribution in [0.5, 0.6) is 0 Å². The van der Waals surface area contributed by atoms with Gasteiger partial charge in [-0.15, -0.1) is 0 Å². The summed E-state index contributed by atoms with van der Waals surface area (Å²) >= 11 is 0. The highest BCUT2D eigenvalue weighted by Gasteiger charge is 2.46.